The molecule has 3 N–H and O–H groups in total. The molecule has 1 aromatic rings. The van der Waals surface area contributed by atoms with Crippen LogP contribution in [0.15, 0.2) is 17.1 Å². The zero-order chi connectivity index (χ0) is 18.4. The summed E-state index contributed by atoms with van der Waals surface area (Å²) in [7, 11) is 0. The van der Waals surface area contributed by atoms with E-state index in [1.54, 1.807) is 0 Å². The minimum Gasteiger partial charge on any atom is -0.433 e. The molecule has 0 radical (unpaired) electrons. The van der Waals surface area contributed by atoms with E-state index in [1.165, 1.54) is 18.6 Å². The number of nitrogens with one attached hydrogen (secondary N) is 1. The lowest BCUT2D eigenvalue weighted by atomic mass is 10.2. The van der Waals surface area contributed by atoms with E-state index in [-0.39, 0.29) is 47.3 Å². The smallest absolute Gasteiger partial charge is 0.387 e. The molecule has 2 rings (SSSR count). The van der Waals surface area contributed by atoms with Crippen LogP contribution in [0.3, 0.4) is 0 Å². The summed E-state index contributed by atoms with van der Waals surface area (Å²) in [5.74, 6) is 0.104. The number of rotatable bonds is 7. The Hall–Kier alpha value is -0.580. The summed E-state index contributed by atoms with van der Waals surface area (Å²) in [5.41, 5.74) is 6.23. The van der Waals surface area contributed by atoms with Crippen molar-refractivity contribution in [2.45, 2.75) is 39.0 Å². The number of hydrogen-bond acceptors (Lipinski definition) is 3. The summed E-state index contributed by atoms with van der Waals surface area (Å²) in [6.07, 6.45) is 2.29. The molecule has 1 atom stereocenters. The predicted molar refractivity (Wildman–Crippen MR) is 112 cm³/mol. The summed E-state index contributed by atoms with van der Waals surface area (Å²) in [5, 5.41) is 3.40. The van der Waals surface area contributed by atoms with Gasteiger partial charge in [0.15, 0.2) is 5.96 Å². The van der Waals surface area contributed by atoms with Gasteiger partial charge in [0.1, 0.15) is 5.75 Å². The fourth-order valence-electron chi connectivity index (χ4n) is 2.94. The first-order valence-corrected chi connectivity index (χ1v) is 8.86. The van der Waals surface area contributed by atoms with E-state index in [1.807, 2.05) is 0 Å². The quantitative estimate of drug-likeness (QED) is 0.321. The number of nitrogens with two attached hydrogens (primary N) is 1. The number of alkyl halides is 2. The number of aliphatic imine (C=N–C) groups is 1. The Labute approximate surface area is 179 Å². The van der Waals surface area contributed by atoms with Crippen molar-refractivity contribution < 1.29 is 13.5 Å². The zero-order valence-corrected chi connectivity index (χ0v) is 18.2. The molecule has 26 heavy (non-hydrogen) atoms. The Kier molecular flexibility index (Phi) is 10.2. The van der Waals surface area contributed by atoms with Gasteiger partial charge in [-0.1, -0.05) is 30.1 Å². The molecular formula is C16H23Cl2F2IN4O. The third-order valence-electron chi connectivity index (χ3n) is 4.14. The van der Waals surface area contributed by atoms with E-state index in [2.05, 4.69) is 26.9 Å². The van der Waals surface area contributed by atoms with Gasteiger partial charge in [0.25, 0.3) is 0 Å². The van der Waals surface area contributed by atoms with Gasteiger partial charge in [-0.15, -0.1) is 24.0 Å². The standard InChI is InChI=1S/C16H22Cl2F2N4O.HI/c1-2-24-5-3-4-12(24)9-23-16(21)22-8-10-6-11(17)7-13(18)14(10)25-15(19)20;/h6-7,12,15H,2-5,8-9H2,1H3,(H3,21,22,23);1H. The highest BCUT2D eigenvalue weighted by atomic mass is 127. The van der Waals surface area contributed by atoms with Gasteiger partial charge < -0.3 is 15.8 Å². The van der Waals surface area contributed by atoms with Crippen LogP contribution in [-0.4, -0.2) is 43.1 Å². The van der Waals surface area contributed by atoms with E-state index in [0.717, 1.165) is 19.5 Å². The Morgan fingerprint density at radius 1 is 1.46 bits per heavy atom. The second-order valence-corrected chi connectivity index (χ2v) is 6.61. The lowest BCUT2D eigenvalue weighted by Crippen LogP contribution is -2.42. The van der Waals surface area contributed by atoms with Gasteiger partial charge in [-0.2, -0.15) is 8.78 Å². The predicted octanol–water partition coefficient (Wildman–Crippen LogP) is 4.10. The minimum atomic E-state index is -2.99. The molecule has 1 aliphatic rings. The van der Waals surface area contributed by atoms with Crippen LogP contribution < -0.4 is 15.8 Å². The normalized spacial score (nSPS) is 18.1. The first kappa shape index (κ1) is 23.5. The van der Waals surface area contributed by atoms with Crippen molar-refractivity contribution in [3.63, 3.8) is 0 Å². The van der Waals surface area contributed by atoms with Gasteiger partial charge in [-0.3, -0.25) is 4.90 Å². The molecule has 1 aromatic carbocycles. The lowest BCUT2D eigenvalue weighted by molar-refractivity contribution is -0.0503. The van der Waals surface area contributed by atoms with E-state index in [9.17, 15) is 8.78 Å². The first-order valence-electron chi connectivity index (χ1n) is 8.11. The Balaban J connectivity index is 0.00000338. The molecule has 1 aliphatic heterocycles. The van der Waals surface area contributed by atoms with E-state index in [4.69, 9.17) is 28.9 Å². The molecule has 148 valence electrons. The van der Waals surface area contributed by atoms with E-state index >= 15 is 0 Å². The number of likely N-dealkylation sites (N-methyl/N-ethyl adjacent to an activating group) is 1. The highest BCUT2D eigenvalue weighted by molar-refractivity contribution is 14.0. The average Bonchev–Trinajstić information content (AvgIpc) is 3.01. The van der Waals surface area contributed by atoms with Crippen LogP contribution in [-0.2, 0) is 6.54 Å². The second kappa shape index (κ2) is 11.3. The summed E-state index contributed by atoms with van der Waals surface area (Å²) < 4.78 is 29.6. The number of halogens is 5. The van der Waals surface area contributed by atoms with Gasteiger partial charge in [0.2, 0.25) is 0 Å². The molecular weight excluding hydrogens is 500 g/mol. The Morgan fingerprint density at radius 2 is 2.19 bits per heavy atom. The maximum absolute atomic E-state index is 12.6. The molecule has 0 aromatic heterocycles. The van der Waals surface area contributed by atoms with E-state index < -0.39 is 6.61 Å². The molecule has 1 heterocycles. The monoisotopic (exact) mass is 522 g/mol. The van der Waals surface area contributed by atoms with Crippen LogP contribution >= 0.6 is 47.2 Å². The largest absolute Gasteiger partial charge is 0.433 e. The molecule has 0 spiro atoms. The fourth-order valence-corrected chi connectivity index (χ4v) is 3.52. The summed E-state index contributed by atoms with van der Waals surface area (Å²) in [6, 6.07) is 3.25. The molecule has 1 saturated heterocycles. The third-order valence-corrected chi connectivity index (χ3v) is 4.64. The fraction of sp³-hybridized carbons (Fsp3) is 0.562. The SMILES string of the molecule is CCN1CCCC1CNC(N)=NCc1cc(Cl)cc(Cl)c1OC(F)F.I. The van der Waals surface area contributed by atoms with Crippen LogP contribution in [0.1, 0.15) is 25.3 Å². The molecule has 0 aliphatic carbocycles. The number of guanidine groups is 1. The maximum atomic E-state index is 12.6. The Bertz CT molecular complexity index is 622. The van der Waals surface area contributed by atoms with Gasteiger partial charge in [-0.25, -0.2) is 4.99 Å². The third kappa shape index (κ3) is 6.86. The molecule has 0 bridgehead atoms. The van der Waals surface area contributed by atoms with Crippen LogP contribution in [0.4, 0.5) is 8.78 Å². The van der Waals surface area contributed by atoms with Gasteiger partial charge in [0, 0.05) is 23.2 Å². The van der Waals surface area contributed by atoms with Gasteiger partial charge in [0.05, 0.1) is 11.6 Å². The van der Waals surface area contributed by atoms with Crippen molar-refractivity contribution in [1.82, 2.24) is 10.2 Å². The molecule has 0 saturated carbocycles. The van der Waals surface area contributed by atoms with Crippen molar-refractivity contribution in [3.05, 3.63) is 27.7 Å². The highest BCUT2D eigenvalue weighted by Gasteiger charge is 2.22. The van der Waals surface area contributed by atoms with Crippen LogP contribution in [0.2, 0.25) is 10.0 Å². The maximum Gasteiger partial charge on any atom is 0.387 e. The van der Waals surface area contributed by atoms with Crippen molar-refractivity contribution in [2.75, 3.05) is 19.6 Å². The molecule has 0 amide bonds. The molecule has 1 fully saturated rings. The molecule has 1 unspecified atom stereocenters. The summed E-state index contributed by atoms with van der Waals surface area (Å²) >= 11 is 11.9. The second-order valence-electron chi connectivity index (χ2n) is 5.76. The number of benzene rings is 1. The van der Waals surface area contributed by atoms with Gasteiger partial charge >= 0.3 is 6.61 Å². The van der Waals surface area contributed by atoms with Crippen molar-refractivity contribution in [3.8, 4) is 5.75 Å². The average molecular weight is 523 g/mol. The summed E-state index contributed by atoms with van der Waals surface area (Å²) in [6.45, 7) is 1.96. The minimum absolute atomic E-state index is 0. The van der Waals surface area contributed by atoms with Gasteiger partial charge in [-0.05, 0) is 38.1 Å². The van der Waals surface area contributed by atoms with Crippen LogP contribution in [0.25, 0.3) is 0 Å². The lowest BCUT2D eigenvalue weighted by Gasteiger charge is -2.23. The number of ether oxygens (including phenoxy) is 1. The number of hydrogen-bond donors (Lipinski definition) is 2. The summed E-state index contributed by atoms with van der Waals surface area (Å²) in [4.78, 5) is 6.56. The number of likely N-dealkylation sites (tertiary alicyclic amines) is 1. The topological polar surface area (TPSA) is 62.9 Å². The van der Waals surface area contributed by atoms with Crippen molar-refractivity contribution >= 4 is 53.1 Å². The Morgan fingerprint density at radius 3 is 2.85 bits per heavy atom. The molecule has 5 nitrogen and oxygen atoms in total. The zero-order valence-electron chi connectivity index (χ0n) is 14.4. The first-order chi connectivity index (χ1) is 11.9. The molecule has 10 heteroatoms. The number of nitrogens with zero attached hydrogens (tertiary/aromatic N) is 2. The van der Waals surface area contributed by atoms with Crippen LogP contribution in [0, 0.1) is 0 Å². The van der Waals surface area contributed by atoms with Crippen LogP contribution in [0.5, 0.6) is 5.75 Å². The van der Waals surface area contributed by atoms with Crippen molar-refractivity contribution in [2.24, 2.45) is 10.7 Å². The van der Waals surface area contributed by atoms with E-state index in [0.29, 0.717) is 23.2 Å². The van der Waals surface area contributed by atoms with Crippen molar-refractivity contribution in [1.29, 1.82) is 0 Å². The highest BCUT2D eigenvalue weighted by Crippen LogP contribution is 2.34.